The molecule has 1 heterocycles. The minimum absolute atomic E-state index is 0.0556. The minimum atomic E-state index is -0.112. The zero-order valence-corrected chi connectivity index (χ0v) is 14.7. The fourth-order valence-corrected chi connectivity index (χ4v) is 2.92. The Morgan fingerprint density at radius 3 is 2.33 bits per heavy atom. The van der Waals surface area contributed by atoms with Crippen LogP contribution in [0.4, 0.5) is 4.79 Å². The molecule has 1 aliphatic rings. The molecule has 132 valence electrons. The number of phenols is 1. The number of benzene rings is 1. The number of hydrogen-bond donors (Lipinski definition) is 2. The van der Waals surface area contributed by atoms with Crippen molar-refractivity contribution < 1.29 is 14.7 Å². The van der Waals surface area contributed by atoms with Gasteiger partial charge in [-0.3, -0.25) is 4.79 Å². The molecule has 6 heteroatoms. The van der Waals surface area contributed by atoms with Crippen molar-refractivity contribution in [2.75, 3.05) is 26.2 Å². The molecule has 0 aromatic heterocycles. The second-order valence-electron chi connectivity index (χ2n) is 6.54. The highest BCUT2D eigenvalue weighted by Crippen LogP contribution is 2.15. The molecule has 0 spiro atoms. The molecule has 0 radical (unpaired) electrons. The van der Waals surface area contributed by atoms with Crippen LogP contribution in [0.3, 0.4) is 0 Å². The van der Waals surface area contributed by atoms with Gasteiger partial charge >= 0.3 is 6.03 Å². The number of carbonyl (C=O) groups is 2. The van der Waals surface area contributed by atoms with Crippen LogP contribution in [0, 0.1) is 5.92 Å². The molecule has 1 atom stereocenters. The van der Waals surface area contributed by atoms with Crippen molar-refractivity contribution in [1.29, 1.82) is 0 Å². The van der Waals surface area contributed by atoms with E-state index in [0.717, 1.165) is 6.42 Å². The van der Waals surface area contributed by atoms with Crippen LogP contribution in [0.2, 0.25) is 0 Å². The van der Waals surface area contributed by atoms with Gasteiger partial charge in [-0.2, -0.15) is 0 Å². The maximum Gasteiger partial charge on any atom is 0.317 e. The van der Waals surface area contributed by atoms with Crippen molar-refractivity contribution in [2.24, 2.45) is 5.92 Å². The molecule has 6 nitrogen and oxygen atoms in total. The summed E-state index contributed by atoms with van der Waals surface area (Å²) in [5.74, 6) is 0.366. The van der Waals surface area contributed by atoms with E-state index >= 15 is 0 Å². The molecule has 1 aromatic rings. The number of aromatic hydroxyl groups is 1. The first-order valence-corrected chi connectivity index (χ1v) is 8.56. The van der Waals surface area contributed by atoms with E-state index in [0.29, 0.717) is 37.7 Å². The van der Waals surface area contributed by atoms with Gasteiger partial charge in [-0.15, -0.1) is 0 Å². The highest BCUT2D eigenvalue weighted by atomic mass is 16.3. The summed E-state index contributed by atoms with van der Waals surface area (Å²) in [5.41, 5.74) is 0.471. The molecule has 0 saturated carbocycles. The number of amides is 3. The van der Waals surface area contributed by atoms with E-state index in [1.54, 1.807) is 21.9 Å². The van der Waals surface area contributed by atoms with E-state index in [2.05, 4.69) is 26.1 Å². The smallest absolute Gasteiger partial charge is 0.317 e. The van der Waals surface area contributed by atoms with Crippen LogP contribution in [0.5, 0.6) is 5.75 Å². The first-order valence-electron chi connectivity index (χ1n) is 8.56. The Morgan fingerprint density at radius 1 is 1.17 bits per heavy atom. The summed E-state index contributed by atoms with van der Waals surface area (Å²) in [6, 6.07) is 6.47. The lowest BCUT2D eigenvalue weighted by atomic mass is 10.0. The van der Waals surface area contributed by atoms with Crippen LogP contribution in [-0.2, 0) is 0 Å². The third kappa shape index (κ3) is 4.40. The number of urea groups is 1. The maximum atomic E-state index is 12.4. The topological polar surface area (TPSA) is 72.9 Å². The Morgan fingerprint density at radius 2 is 1.79 bits per heavy atom. The quantitative estimate of drug-likeness (QED) is 0.888. The summed E-state index contributed by atoms with van der Waals surface area (Å²) >= 11 is 0. The summed E-state index contributed by atoms with van der Waals surface area (Å²) in [7, 11) is 0. The standard InChI is InChI=1S/C18H27N3O3/c1-4-16(13(2)3)19-18(24)21-10-8-20(9-11-21)17(23)14-6-5-7-15(22)12-14/h5-7,12-13,16,22H,4,8-11H2,1-3H3,(H,19,24)/t16-/m0/s1. The second-order valence-corrected chi connectivity index (χ2v) is 6.54. The fourth-order valence-electron chi connectivity index (χ4n) is 2.92. The summed E-state index contributed by atoms with van der Waals surface area (Å²) in [6.07, 6.45) is 0.902. The van der Waals surface area contributed by atoms with Gasteiger partial charge in [-0.1, -0.05) is 26.8 Å². The Bertz CT molecular complexity index is 581. The van der Waals surface area contributed by atoms with Gasteiger partial charge in [0.05, 0.1) is 0 Å². The van der Waals surface area contributed by atoms with E-state index in [-0.39, 0.29) is 23.7 Å². The predicted octanol–water partition coefficient (Wildman–Crippen LogP) is 2.29. The number of rotatable bonds is 4. The van der Waals surface area contributed by atoms with Crippen LogP contribution in [0.25, 0.3) is 0 Å². The van der Waals surface area contributed by atoms with Crippen LogP contribution >= 0.6 is 0 Å². The third-order valence-electron chi connectivity index (χ3n) is 4.50. The number of hydrogen-bond acceptors (Lipinski definition) is 3. The Balaban J connectivity index is 1.89. The predicted molar refractivity (Wildman–Crippen MR) is 93.0 cm³/mol. The van der Waals surface area contributed by atoms with Crippen molar-refractivity contribution >= 4 is 11.9 Å². The molecule has 0 aliphatic carbocycles. The van der Waals surface area contributed by atoms with Crippen LogP contribution < -0.4 is 5.32 Å². The molecule has 0 unspecified atom stereocenters. The highest BCUT2D eigenvalue weighted by molar-refractivity contribution is 5.94. The Kier molecular flexibility index (Phi) is 6.06. The van der Waals surface area contributed by atoms with E-state index in [1.807, 2.05) is 0 Å². The molecule has 3 amide bonds. The molecule has 24 heavy (non-hydrogen) atoms. The molecular weight excluding hydrogens is 306 g/mol. The highest BCUT2D eigenvalue weighted by Gasteiger charge is 2.26. The lowest BCUT2D eigenvalue weighted by molar-refractivity contribution is 0.0662. The maximum absolute atomic E-state index is 12.4. The molecule has 2 rings (SSSR count). The van der Waals surface area contributed by atoms with Crippen LogP contribution in [0.1, 0.15) is 37.6 Å². The van der Waals surface area contributed by atoms with Gasteiger partial charge in [0.1, 0.15) is 5.75 Å². The monoisotopic (exact) mass is 333 g/mol. The average molecular weight is 333 g/mol. The van der Waals surface area contributed by atoms with E-state index < -0.39 is 0 Å². The Hall–Kier alpha value is -2.24. The summed E-state index contributed by atoms with van der Waals surface area (Å²) < 4.78 is 0. The summed E-state index contributed by atoms with van der Waals surface area (Å²) in [5, 5.41) is 12.6. The van der Waals surface area contributed by atoms with Crippen molar-refractivity contribution in [3.05, 3.63) is 29.8 Å². The molecule has 1 fully saturated rings. The molecular formula is C18H27N3O3. The number of piperazine rings is 1. The van der Waals surface area contributed by atoms with E-state index in [1.165, 1.54) is 12.1 Å². The second kappa shape index (κ2) is 8.04. The molecule has 1 saturated heterocycles. The zero-order chi connectivity index (χ0) is 17.7. The van der Waals surface area contributed by atoms with Crippen molar-refractivity contribution in [2.45, 2.75) is 33.2 Å². The normalized spacial score (nSPS) is 16.2. The SMILES string of the molecule is CC[C@H](NC(=O)N1CCN(C(=O)c2cccc(O)c2)CC1)C(C)C. The fraction of sp³-hybridized carbons (Fsp3) is 0.556. The van der Waals surface area contributed by atoms with Gasteiger partial charge in [0, 0.05) is 37.8 Å². The number of phenolic OH excluding ortho intramolecular Hbond substituents is 1. The largest absolute Gasteiger partial charge is 0.508 e. The summed E-state index contributed by atoms with van der Waals surface area (Å²) in [6.45, 7) is 8.30. The van der Waals surface area contributed by atoms with Gasteiger partial charge in [0.15, 0.2) is 0 Å². The van der Waals surface area contributed by atoms with Crippen molar-refractivity contribution in [3.8, 4) is 5.75 Å². The minimum Gasteiger partial charge on any atom is -0.508 e. The lowest BCUT2D eigenvalue weighted by Crippen LogP contribution is -2.55. The van der Waals surface area contributed by atoms with E-state index in [4.69, 9.17) is 0 Å². The van der Waals surface area contributed by atoms with Crippen molar-refractivity contribution in [1.82, 2.24) is 15.1 Å². The van der Waals surface area contributed by atoms with Gasteiger partial charge in [-0.25, -0.2) is 4.79 Å². The van der Waals surface area contributed by atoms with Crippen LogP contribution in [-0.4, -0.2) is 59.1 Å². The molecule has 1 aliphatic heterocycles. The van der Waals surface area contributed by atoms with Gasteiger partial charge < -0.3 is 20.2 Å². The van der Waals surface area contributed by atoms with Gasteiger partial charge in [0.25, 0.3) is 5.91 Å². The zero-order valence-electron chi connectivity index (χ0n) is 14.7. The molecule has 0 bridgehead atoms. The van der Waals surface area contributed by atoms with E-state index in [9.17, 15) is 14.7 Å². The summed E-state index contributed by atoms with van der Waals surface area (Å²) in [4.78, 5) is 28.3. The van der Waals surface area contributed by atoms with Crippen molar-refractivity contribution in [3.63, 3.8) is 0 Å². The average Bonchev–Trinajstić information content (AvgIpc) is 2.58. The first-order chi connectivity index (χ1) is 11.4. The first kappa shape index (κ1) is 18.1. The lowest BCUT2D eigenvalue weighted by Gasteiger charge is -2.36. The Labute approximate surface area is 143 Å². The van der Waals surface area contributed by atoms with Gasteiger partial charge in [0.2, 0.25) is 0 Å². The molecule has 1 aromatic carbocycles. The third-order valence-corrected chi connectivity index (χ3v) is 4.50. The van der Waals surface area contributed by atoms with Gasteiger partial charge in [-0.05, 0) is 30.5 Å². The molecule has 2 N–H and O–H groups in total. The number of nitrogens with one attached hydrogen (secondary N) is 1. The number of carbonyl (C=O) groups excluding carboxylic acids is 2. The van der Waals surface area contributed by atoms with Crippen LogP contribution in [0.15, 0.2) is 24.3 Å². The number of nitrogens with zero attached hydrogens (tertiary/aromatic N) is 2.